The summed E-state index contributed by atoms with van der Waals surface area (Å²) in [6.45, 7) is 6.91. The van der Waals surface area contributed by atoms with Gasteiger partial charge in [-0.2, -0.15) is 0 Å². The van der Waals surface area contributed by atoms with E-state index in [0.717, 1.165) is 72.9 Å². The summed E-state index contributed by atoms with van der Waals surface area (Å²) in [6, 6.07) is 109. The Kier molecular flexibility index (Phi) is 11.8. The van der Waals surface area contributed by atoms with Crippen LogP contribution in [0.5, 0.6) is 0 Å². The van der Waals surface area contributed by atoms with Crippen molar-refractivity contribution >= 4 is 107 Å². The van der Waals surface area contributed by atoms with Gasteiger partial charge in [-0.1, -0.05) is 239 Å². The van der Waals surface area contributed by atoms with Gasteiger partial charge in [-0.3, -0.25) is 0 Å². The normalized spacial score (nSPS) is 12.6. The maximum absolute atomic E-state index is 6.60. The van der Waals surface area contributed by atoms with Gasteiger partial charge in [-0.05, 0) is 150 Å². The molecule has 0 fully saturated rings. The fourth-order valence-electron chi connectivity index (χ4n) is 13.5. The van der Waals surface area contributed by atoms with E-state index < -0.39 is 0 Å². The monoisotopic (exact) mass is 1090 g/mol. The van der Waals surface area contributed by atoms with Crippen LogP contribution in [0.15, 0.2) is 302 Å². The van der Waals surface area contributed by atoms with Crippen LogP contribution in [0.4, 0.5) is 51.2 Å². The lowest BCUT2D eigenvalue weighted by Gasteiger charge is -2.45. The second-order valence-corrected chi connectivity index (χ2v) is 23.6. The molecule has 85 heavy (non-hydrogen) atoms. The largest absolute Gasteiger partial charge is 0.455 e. The zero-order chi connectivity index (χ0) is 56.8. The molecule has 2 aliphatic heterocycles. The minimum Gasteiger partial charge on any atom is -0.455 e. The molecule has 13 aromatic carbocycles. The summed E-state index contributed by atoms with van der Waals surface area (Å²) in [5, 5.41) is 4.66. The lowest BCUT2D eigenvalue weighted by Crippen LogP contribution is -2.61. The van der Waals surface area contributed by atoms with Crippen LogP contribution < -0.4 is 31.1 Å². The van der Waals surface area contributed by atoms with Crippen molar-refractivity contribution in [2.75, 3.05) is 14.7 Å². The SMILES string of the molecule is CC(C)(C)c1cc2c3c(c1)N(c1ccc(-c4ccccc4)cc1)c1cc(N(c4ccccc4)c4ccc5ccccc5c4-c4ccccc4)ccc1B3c1cc(-c3ccccc3)ccc1N2c1ccc(-c2cccc3c2oc2ccccc23)cc1. The number of hydrogen-bond donors (Lipinski definition) is 0. The number of nitrogens with zero attached hydrogens (tertiary/aromatic N) is 3. The first-order valence-corrected chi connectivity index (χ1v) is 29.5. The zero-order valence-electron chi connectivity index (χ0n) is 47.6. The molecule has 0 amide bonds. The Morgan fingerprint density at radius 1 is 0.365 bits per heavy atom. The molecule has 0 spiro atoms. The molecule has 0 N–H and O–H groups in total. The van der Waals surface area contributed by atoms with Gasteiger partial charge in [0.1, 0.15) is 11.2 Å². The van der Waals surface area contributed by atoms with Crippen LogP contribution in [0.2, 0.25) is 0 Å². The van der Waals surface area contributed by atoms with Gasteiger partial charge in [0.2, 0.25) is 0 Å². The third-order valence-electron chi connectivity index (χ3n) is 17.6. The fourth-order valence-corrected chi connectivity index (χ4v) is 13.5. The Bertz CT molecular complexity index is 4860. The van der Waals surface area contributed by atoms with Crippen molar-refractivity contribution in [3.05, 3.63) is 303 Å². The molecule has 0 unspecified atom stereocenters. The van der Waals surface area contributed by atoms with E-state index in [-0.39, 0.29) is 12.1 Å². The van der Waals surface area contributed by atoms with Crippen molar-refractivity contribution in [2.45, 2.75) is 26.2 Å². The van der Waals surface area contributed by atoms with Crippen LogP contribution in [0.1, 0.15) is 26.3 Å². The summed E-state index contributed by atoms with van der Waals surface area (Å²) in [7, 11) is 0. The van der Waals surface area contributed by atoms with Crippen molar-refractivity contribution in [1.82, 2.24) is 0 Å². The van der Waals surface area contributed by atoms with E-state index in [1.165, 1.54) is 77.5 Å². The maximum Gasteiger partial charge on any atom is 0.252 e. The second-order valence-electron chi connectivity index (χ2n) is 23.6. The van der Waals surface area contributed by atoms with E-state index in [1.807, 2.05) is 6.07 Å². The fraction of sp³-hybridized carbons (Fsp3) is 0.0500. The van der Waals surface area contributed by atoms with Crippen molar-refractivity contribution in [2.24, 2.45) is 0 Å². The van der Waals surface area contributed by atoms with E-state index >= 15 is 0 Å². The standard InChI is InChI=1S/C80H58BN3O/c1-80(2,3)60-50-74-78-75(51-60)84(63-41-35-55(36-42-63)53-21-8-4-9-22-53)73-52-64(82(61-28-14-7-15-29-61)72-48-39-56-25-16-17-30-65(56)77(72)58-26-12-6-13-27-58)45-46-69(73)81(78)70-49-59(54-23-10-5-11-24-54)40-47-71(70)83(74)62-43-37-57(38-44-62)66-32-20-33-68-67-31-18-19-34-76(67)85-79(66)68/h4-52H,1-3H3. The highest BCUT2D eigenvalue weighted by Gasteiger charge is 2.45. The molecule has 2 aliphatic rings. The molecule has 1 aromatic heterocycles. The summed E-state index contributed by atoms with van der Waals surface area (Å²) in [5.41, 5.74) is 25.9. The molecule has 14 aromatic rings. The van der Waals surface area contributed by atoms with Gasteiger partial charge in [0, 0.05) is 67.4 Å². The summed E-state index contributed by atoms with van der Waals surface area (Å²) < 4.78 is 6.60. The Hall–Kier alpha value is -10.6. The maximum atomic E-state index is 6.60. The number of furan rings is 1. The van der Waals surface area contributed by atoms with Gasteiger partial charge in [0.05, 0.1) is 5.69 Å². The summed E-state index contributed by atoms with van der Waals surface area (Å²) in [5.74, 6) is 0. The Morgan fingerprint density at radius 2 is 0.918 bits per heavy atom. The topological polar surface area (TPSA) is 22.9 Å². The highest BCUT2D eigenvalue weighted by atomic mass is 16.3. The molecule has 4 nitrogen and oxygen atoms in total. The van der Waals surface area contributed by atoms with Crippen LogP contribution in [0.25, 0.3) is 77.2 Å². The summed E-state index contributed by atoms with van der Waals surface area (Å²) in [4.78, 5) is 7.58. The third-order valence-corrected chi connectivity index (χ3v) is 17.6. The highest BCUT2D eigenvalue weighted by Crippen LogP contribution is 2.50. The van der Waals surface area contributed by atoms with E-state index in [9.17, 15) is 0 Å². The molecule has 0 aliphatic carbocycles. The molecule has 16 rings (SSSR count). The van der Waals surface area contributed by atoms with Crippen LogP contribution in [0.3, 0.4) is 0 Å². The molecule has 0 saturated heterocycles. The predicted octanol–water partition coefficient (Wildman–Crippen LogP) is 20.3. The van der Waals surface area contributed by atoms with Crippen LogP contribution in [-0.2, 0) is 5.41 Å². The van der Waals surface area contributed by atoms with Gasteiger partial charge < -0.3 is 19.1 Å². The summed E-state index contributed by atoms with van der Waals surface area (Å²) >= 11 is 0. The number of benzene rings is 13. The molecule has 0 bridgehead atoms. The van der Waals surface area contributed by atoms with E-state index in [0.29, 0.717) is 0 Å². The molecule has 3 heterocycles. The minimum atomic E-state index is -0.210. The van der Waals surface area contributed by atoms with Crippen molar-refractivity contribution in [3.8, 4) is 44.5 Å². The summed E-state index contributed by atoms with van der Waals surface area (Å²) in [6.07, 6.45) is 0. The van der Waals surface area contributed by atoms with Gasteiger partial charge in [-0.25, -0.2) is 0 Å². The van der Waals surface area contributed by atoms with Crippen molar-refractivity contribution < 1.29 is 4.42 Å². The molecule has 0 saturated carbocycles. The number of hydrogen-bond acceptors (Lipinski definition) is 4. The van der Waals surface area contributed by atoms with E-state index in [1.54, 1.807) is 0 Å². The molecule has 5 heteroatoms. The quantitative estimate of drug-likeness (QED) is 0.134. The first-order valence-electron chi connectivity index (χ1n) is 29.5. The predicted molar refractivity (Wildman–Crippen MR) is 360 cm³/mol. The van der Waals surface area contributed by atoms with Crippen LogP contribution >= 0.6 is 0 Å². The lowest BCUT2D eigenvalue weighted by atomic mass is 9.33. The Morgan fingerprint density at radius 3 is 1.60 bits per heavy atom. The first-order chi connectivity index (χ1) is 41.8. The molecule has 0 radical (unpaired) electrons. The number of rotatable bonds is 9. The lowest BCUT2D eigenvalue weighted by molar-refractivity contribution is 0.590. The Balaban J connectivity index is 0.952. The smallest absolute Gasteiger partial charge is 0.252 e. The van der Waals surface area contributed by atoms with Crippen molar-refractivity contribution in [1.29, 1.82) is 0 Å². The van der Waals surface area contributed by atoms with Gasteiger partial charge in [0.15, 0.2) is 0 Å². The van der Waals surface area contributed by atoms with Gasteiger partial charge in [-0.15, -0.1) is 0 Å². The molecular formula is C80H58BN3O. The van der Waals surface area contributed by atoms with Crippen LogP contribution in [-0.4, -0.2) is 6.71 Å². The highest BCUT2D eigenvalue weighted by molar-refractivity contribution is 7.00. The Labute approximate surface area is 496 Å². The number of anilines is 9. The second kappa shape index (κ2) is 20.1. The van der Waals surface area contributed by atoms with Crippen LogP contribution in [0, 0.1) is 0 Å². The molecule has 0 atom stereocenters. The van der Waals surface area contributed by atoms with E-state index in [2.05, 4.69) is 327 Å². The minimum absolute atomic E-state index is 0.131. The average Bonchev–Trinajstić information content (AvgIpc) is 1.29. The van der Waals surface area contributed by atoms with Gasteiger partial charge in [0.25, 0.3) is 6.71 Å². The van der Waals surface area contributed by atoms with E-state index in [4.69, 9.17) is 4.42 Å². The zero-order valence-corrected chi connectivity index (χ0v) is 47.6. The van der Waals surface area contributed by atoms with Gasteiger partial charge >= 0.3 is 0 Å². The average molecular weight is 1090 g/mol. The number of fused-ring (bicyclic) bond motifs is 8. The third kappa shape index (κ3) is 8.45. The molecular weight excluding hydrogens is 1030 g/mol. The first kappa shape index (κ1) is 50.1. The molecule has 402 valence electrons. The number of para-hydroxylation sites is 3. The van der Waals surface area contributed by atoms with Crippen molar-refractivity contribution in [3.63, 3.8) is 0 Å².